The van der Waals surface area contributed by atoms with E-state index in [2.05, 4.69) is 4.98 Å². The third-order valence-corrected chi connectivity index (χ3v) is 6.02. The van der Waals surface area contributed by atoms with Gasteiger partial charge >= 0.3 is 5.97 Å². The van der Waals surface area contributed by atoms with Gasteiger partial charge in [0.05, 0.1) is 5.56 Å². The highest BCUT2D eigenvalue weighted by Crippen LogP contribution is 2.33. The summed E-state index contributed by atoms with van der Waals surface area (Å²) in [6.07, 6.45) is 1.95. The molecular formula is C29H24FNO3. The monoisotopic (exact) mass is 453 g/mol. The number of hydrogen-bond acceptors (Lipinski definition) is 3. The quantitative estimate of drug-likeness (QED) is 0.320. The summed E-state index contributed by atoms with van der Waals surface area (Å²) >= 11 is 0. The highest BCUT2D eigenvalue weighted by Gasteiger charge is 2.21. The van der Waals surface area contributed by atoms with Crippen LogP contribution in [0.2, 0.25) is 0 Å². The van der Waals surface area contributed by atoms with Crippen LogP contribution in [0.3, 0.4) is 0 Å². The van der Waals surface area contributed by atoms with Crippen molar-refractivity contribution in [1.82, 2.24) is 4.98 Å². The second-order valence-electron chi connectivity index (χ2n) is 8.34. The number of carboxylic acids is 1. The van der Waals surface area contributed by atoms with Crippen molar-refractivity contribution in [1.29, 1.82) is 0 Å². The Bertz CT molecular complexity index is 1360. The molecule has 170 valence electrons. The summed E-state index contributed by atoms with van der Waals surface area (Å²) in [5.41, 5.74) is 5.57. The maximum absolute atomic E-state index is 14.2. The van der Waals surface area contributed by atoms with Gasteiger partial charge in [0.25, 0.3) is 0 Å². The second-order valence-corrected chi connectivity index (χ2v) is 8.34. The number of aromatic carboxylic acids is 1. The van der Waals surface area contributed by atoms with Crippen LogP contribution in [0.1, 0.15) is 55.4 Å². The zero-order chi connectivity index (χ0) is 24.2. The van der Waals surface area contributed by atoms with Crippen molar-refractivity contribution in [2.75, 3.05) is 0 Å². The molecule has 1 unspecified atom stereocenters. The minimum absolute atomic E-state index is 0.0363. The van der Waals surface area contributed by atoms with Gasteiger partial charge in [0.2, 0.25) is 0 Å². The van der Waals surface area contributed by atoms with Crippen LogP contribution in [0, 0.1) is 19.7 Å². The maximum Gasteiger partial charge on any atom is 0.338 e. The van der Waals surface area contributed by atoms with Gasteiger partial charge in [-0.1, -0.05) is 54.6 Å². The molecule has 0 fully saturated rings. The first-order chi connectivity index (χ1) is 16.3. The van der Waals surface area contributed by atoms with E-state index in [1.165, 1.54) is 12.1 Å². The van der Waals surface area contributed by atoms with E-state index in [-0.39, 0.29) is 17.3 Å². The molecule has 34 heavy (non-hydrogen) atoms. The highest BCUT2D eigenvalue weighted by atomic mass is 19.1. The Kier molecular flexibility index (Phi) is 6.64. The van der Waals surface area contributed by atoms with Gasteiger partial charge in [0, 0.05) is 29.8 Å². The van der Waals surface area contributed by atoms with Gasteiger partial charge in [0.1, 0.15) is 5.82 Å². The summed E-state index contributed by atoms with van der Waals surface area (Å²) in [6, 6.07) is 23.3. The van der Waals surface area contributed by atoms with Gasteiger partial charge in [-0.05, 0) is 65.9 Å². The SMILES string of the molecule is Cc1cc(C(=O)CC(c2ccc(-c3ccc(C(=O)O)c(F)c3)cc2)c2ccccc2C)ccn1. The van der Waals surface area contributed by atoms with Crippen LogP contribution in [0.25, 0.3) is 11.1 Å². The molecule has 0 spiro atoms. The Morgan fingerprint density at radius 3 is 2.26 bits per heavy atom. The molecule has 1 heterocycles. The summed E-state index contributed by atoms with van der Waals surface area (Å²) in [5.74, 6) is -2.18. The van der Waals surface area contributed by atoms with Crippen molar-refractivity contribution in [3.05, 3.63) is 124 Å². The van der Waals surface area contributed by atoms with E-state index in [0.29, 0.717) is 17.5 Å². The average Bonchev–Trinajstić information content (AvgIpc) is 2.83. The number of aryl methyl sites for hydroxylation is 2. The fraction of sp³-hybridized carbons (Fsp3) is 0.138. The minimum atomic E-state index is -1.30. The Labute approximate surface area is 197 Å². The van der Waals surface area contributed by atoms with Crippen LogP contribution in [0.15, 0.2) is 85.1 Å². The molecule has 4 aromatic rings. The zero-order valence-electron chi connectivity index (χ0n) is 19.0. The number of aromatic nitrogens is 1. The molecule has 0 amide bonds. The van der Waals surface area contributed by atoms with Gasteiger partial charge in [-0.2, -0.15) is 0 Å². The smallest absolute Gasteiger partial charge is 0.338 e. The molecule has 0 saturated carbocycles. The lowest BCUT2D eigenvalue weighted by atomic mass is 9.83. The van der Waals surface area contributed by atoms with Crippen molar-refractivity contribution in [2.45, 2.75) is 26.2 Å². The standard InChI is InChI=1S/C29H24FNO3/c1-18-5-3-4-6-24(18)26(17-28(32)23-13-14-31-19(2)15-23)21-9-7-20(8-10-21)22-11-12-25(29(33)34)27(30)16-22/h3-16,26H,17H2,1-2H3,(H,33,34). The molecule has 5 heteroatoms. The van der Waals surface area contributed by atoms with E-state index >= 15 is 0 Å². The van der Waals surface area contributed by atoms with Crippen LogP contribution in [-0.2, 0) is 0 Å². The first-order valence-corrected chi connectivity index (χ1v) is 11.0. The molecule has 0 aliphatic carbocycles. The van der Waals surface area contributed by atoms with Crippen molar-refractivity contribution in [3.8, 4) is 11.1 Å². The van der Waals surface area contributed by atoms with Crippen LogP contribution >= 0.6 is 0 Å². The van der Waals surface area contributed by atoms with E-state index in [1.54, 1.807) is 24.4 Å². The molecule has 0 aliphatic heterocycles. The first-order valence-electron chi connectivity index (χ1n) is 11.0. The van der Waals surface area contributed by atoms with Crippen LogP contribution in [0.4, 0.5) is 4.39 Å². The number of rotatable bonds is 7. The van der Waals surface area contributed by atoms with E-state index in [4.69, 9.17) is 5.11 Å². The third-order valence-electron chi connectivity index (χ3n) is 6.02. The Morgan fingerprint density at radius 1 is 0.912 bits per heavy atom. The number of carboxylic acid groups (broad SMARTS) is 1. The molecule has 0 aliphatic rings. The topological polar surface area (TPSA) is 67.3 Å². The van der Waals surface area contributed by atoms with Crippen LogP contribution < -0.4 is 0 Å². The zero-order valence-corrected chi connectivity index (χ0v) is 19.0. The second kappa shape index (κ2) is 9.79. The average molecular weight is 454 g/mol. The van der Waals surface area contributed by atoms with E-state index in [0.717, 1.165) is 27.9 Å². The molecule has 0 saturated heterocycles. The number of benzene rings is 3. The van der Waals surface area contributed by atoms with Crippen molar-refractivity contribution in [3.63, 3.8) is 0 Å². The predicted molar refractivity (Wildman–Crippen MR) is 130 cm³/mol. The summed E-state index contributed by atoms with van der Waals surface area (Å²) in [5, 5.41) is 9.05. The lowest BCUT2D eigenvalue weighted by Crippen LogP contribution is -2.11. The predicted octanol–water partition coefficient (Wildman–Crippen LogP) is 6.61. The molecule has 3 aromatic carbocycles. The number of carbonyl (C=O) groups excluding carboxylic acids is 1. The first kappa shape index (κ1) is 23.1. The summed E-state index contributed by atoms with van der Waals surface area (Å²) < 4.78 is 14.2. The van der Waals surface area contributed by atoms with Crippen LogP contribution in [-0.4, -0.2) is 21.8 Å². The van der Waals surface area contributed by atoms with Crippen LogP contribution in [0.5, 0.6) is 0 Å². The van der Waals surface area contributed by atoms with E-state index in [1.807, 2.05) is 62.4 Å². The minimum Gasteiger partial charge on any atom is -0.478 e. The number of Topliss-reactive ketones (excluding diaryl/α,β-unsaturated/α-hetero) is 1. The Morgan fingerprint density at radius 2 is 1.62 bits per heavy atom. The van der Waals surface area contributed by atoms with Gasteiger partial charge in [-0.15, -0.1) is 0 Å². The van der Waals surface area contributed by atoms with Crippen molar-refractivity contribution in [2.24, 2.45) is 0 Å². The maximum atomic E-state index is 14.2. The highest BCUT2D eigenvalue weighted by molar-refractivity contribution is 5.97. The van der Waals surface area contributed by atoms with Crippen molar-refractivity contribution < 1.29 is 19.1 Å². The van der Waals surface area contributed by atoms with E-state index < -0.39 is 11.8 Å². The number of hydrogen-bond donors (Lipinski definition) is 1. The number of ketones is 1. The summed E-state index contributed by atoms with van der Waals surface area (Å²) in [6.45, 7) is 3.89. The van der Waals surface area contributed by atoms with Gasteiger partial charge < -0.3 is 5.11 Å². The molecule has 1 N–H and O–H groups in total. The Hall–Kier alpha value is -4.12. The lowest BCUT2D eigenvalue weighted by molar-refractivity contribution is 0.0691. The number of nitrogens with zero attached hydrogens (tertiary/aromatic N) is 1. The third kappa shape index (κ3) is 4.94. The van der Waals surface area contributed by atoms with Gasteiger partial charge in [0.15, 0.2) is 5.78 Å². The molecule has 4 rings (SSSR count). The van der Waals surface area contributed by atoms with E-state index in [9.17, 15) is 14.0 Å². The molecule has 0 bridgehead atoms. The molecule has 1 aromatic heterocycles. The normalized spacial score (nSPS) is 11.7. The fourth-order valence-electron chi connectivity index (χ4n) is 4.18. The van der Waals surface area contributed by atoms with Crippen molar-refractivity contribution >= 4 is 11.8 Å². The fourth-order valence-corrected chi connectivity index (χ4v) is 4.18. The van der Waals surface area contributed by atoms with Gasteiger partial charge in [-0.3, -0.25) is 9.78 Å². The number of pyridine rings is 1. The largest absolute Gasteiger partial charge is 0.478 e. The number of carbonyl (C=O) groups is 2. The molecule has 0 radical (unpaired) electrons. The lowest BCUT2D eigenvalue weighted by Gasteiger charge is -2.20. The summed E-state index contributed by atoms with van der Waals surface area (Å²) in [4.78, 5) is 28.4. The Balaban J connectivity index is 1.68. The summed E-state index contributed by atoms with van der Waals surface area (Å²) in [7, 11) is 0. The molecule has 1 atom stereocenters. The number of halogens is 1. The van der Waals surface area contributed by atoms with Gasteiger partial charge in [-0.25, -0.2) is 9.18 Å². The molecular weight excluding hydrogens is 429 g/mol. The molecule has 4 nitrogen and oxygen atoms in total.